The Morgan fingerprint density at radius 2 is 1.90 bits per heavy atom. The molecule has 1 amide bonds. The number of carbonyl (C=O) groups is 1. The summed E-state index contributed by atoms with van der Waals surface area (Å²) in [5.74, 6) is 2.64. The van der Waals surface area contributed by atoms with Crippen LogP contribution in [0.15, 0.2) is 39.9 Å². The number of oxazole rings is 1. The van der Waals surface area contributed by atoms with Crippen molar-refractivity contribution < 1.29 is 13.9 Å². The van der Waals surface area contributed by atoms with Crippen molar-refractivity contribution in [3.05, 3.63) is 47.7 Å². The summed E-state index contributed by atoms with van der Waals surface area (Å²) < 4.78 is 11.0. The molecule has 0 radical (unpaired) electrons. The maximum Gasteiger partial charge on any atom is 0.241 e. The van der Waals surface area contributed by atoms with E-state index in [4.69, 9.17) is 9.15 Å². The zero-order chi connectivity index (χ0) is 21.4. The lowest BCUT2D eigenvalue weighted by molar-refractivity contribution is -0.127. The number of nitrogens with one attached hydrogen (secondary N) is 2. The molecule has 0 aliphatic rings. The Morgan fingerprint density at radius 3 is 2.45 bits per heavy atom. The molecule has 0 fully saturated rings. The molecule has 1 heterocycles. The van der Waals surface area contributed by atoms with Gasteiger partial charge in [0, 0.05) is 19.5 Å². The average molecular weight is 402 g/mol. The smallest absolute Gasteiger partial charge is 0.241 e. The number of hydrogen-bond donors (Lipinski definition) is 2. The third kappa shape index (κ3) is 7.14. The van der Waals surface area contributed by atoms with Crippen molar-refractivity contribution in [2.75, 3.05) is 27.7 Å². The van der Waals surface area contributed by atoms with Crippen molar-refractivity contribution in [2.24, 2.45) is 4.99 Å². The maximum atomic E-state index is 11.9. The van der Waals surface area contributed by atoms with Gasteiger partial charge in [0.05, 0.1) is 32.9 Å². The van der Waals surface area contributed by atoms with Crippen LogP contribution in [0.3, 0.4) is 0 Å². The molecular weight excluding hydrogens is 370 g/mol. The fourth-order valence-electron chi connectivity index (χ4n) is 2.29. The number of ether oxygens (including phenoxy) is 1. The summed E-state index contributed by atoms with van der Waals surface area (Å²) in [5.41, 5.74) is 0.921. The minimum atomic E-state index is -0.104. The molecule has 2 N–H and O–H groups in total. The van der Waals surface area contributed by atoms with Gasteiger partial charge in [-0.05, 0) is 17.7 Å². The van der Waals surface area contributed by atoms with Crippen LogP contribution in [0.5, 0.6) is 5.75 Å². The van der Waals surface area contributed by atoms with Crippen LogP contribution >= 0.6 is 0 Å². The molecule has 29 heavy (non-hydrogen) atoms. The summed E-state index contributed by atoms with van der Waals surface area (Å²) >= 11 is 0. The lowest BCUT2D eigenvalue weighted by Crippen LogP contribution is -2.42. The molecule has 0 unspecified atom stereocenters. The SMILES string of the molecule is COc1ccc(CN=C(NCC(=O)N(C)C)NCc2ncc(C(C)(C)C)o2)cc1. The van der Waals surface area contributed by atoms with Crippen molar-refractivity contribution in [3.8, 4) is 5.75 Å². The lowest BCUT2D eigenvalue weighted by atomic mass is 9.94. The van der Waals surface area contributed by atoms with E-state index in [0.717, 1.165) is 17.1 Å². The van der Waals surface area contributed by atoms with E-state index in [0.29, 0.717) is 24.9 Å². The summed E-state index contributed by atoms with van der Waals surface area (Å²) in [6.07, 6.45) is 1.74. The van der Waals surface area contributed by atoms with Gasteiger partial charge in [-0.2, -0.15) is 0 Å². The van der Waals surface area contributed by atoms with Crippen LogP contribution in [0.25, 0.3) is 0 Å². The molecule has 0 saturated carbocycles. The number of carbonyl (C=O) groups excluding carboxylic acids is 1. The van der Waals surface area contributed by atoms with Gasteiger partial charge in [0.25, 0.3) is 0 Å². The highest BCUT2D eigenvalue weighted by Crippen LogP contribution is 2.22. The Bertz CT molecular complexity index is 820. The number of methoxy groups -OCH3 is 1. The number of likely N-dealkylation sites (N-methyl/N-ethyl adjacent to an activating group) is 1. The van der Waals surface area contributed by atoms with E-state index in [2.05, 4.69) is 41.4 Å². The van der Waals surface area contributed by atoms with Crippen LogP contribution in [-0.2, 0) is 23.3 Å². The summed E-state index contributed by atoms with van der Waals surface area (Å²) in [5, 5.41) is 6.23. The molecule has 2 aromatic rings. The van der Waals surface area contributed by atoms with Crippen LogP contribution in [0, 0.1) is 0 Å². The molecule has 0 aliphatic heterocycles. The number of amides is 1. The second-order valence-corrected chi connectivity index (χ2v) is 7.88. The Kier molecular flexibility index (Phi) is 7.64. The predicted molar refractivity (Wildman–Crippen MR) is 113 cm³/mol. The van der Waals surface area contributed by atoms with Crippen LogP contribution in [0.4, 0.5) is 0 Å². The van der Waals surface area contributed by atoms with E-state index in [-0.39, 0.29) is 17.9 Å². The summed E-state index contributed by atoms with van der Waals surface area (Å²) in [7, 11) is 5.06. The van der Waals surface area contributed by atoms with E-state index in [9.17, 15) is 4.79 Å². The van der Waals surface area contributed by atoms with E-state index in [1.54, 1.807) is 27.4 Å². The fourth-order valence-corrected chi connectivity index (χ4v) is 2.29. The first-order chi connectivity index (χ1) is 13.7. The topological polar surface area (TPSA) is 92.0 Å². The van der Waals surface area contributed by atoms with Crippen molar-refractivity contribution in [1.29, 1.82) is 0 Å². The summed E-state index contributed by atoms with van der Waals surface area (Å²) in [4.78, 5) is 22.3. The van der Waals surface area contributed by atoms with Gasteiger partial charge < -0.3 is 24.7 Å². The first kappa shape index (κ1) is 22.3. The molecule has 2 rings (SSSR count). The molecular formula is C21H31N5O3. The van der Waals surface area contributed by atoms with Crippen molar-refractivity contribution in [2.45, 2.75) is 39.3 Å². The third-order valence-corrected chi connectivity index (χ3v) is 4.18. The van der Waals surface area contributed by atoms with Crippen molar-refractivity contribution in [1.82, 2.24) is 20.5 Å². The normalized spacial score (nSPS) is 11.9. The van der Waals surface area contributed by atoms with Crippen molar-refractivity contribution in [3.63, 3.8) is 0 Å². The second kappa shape index (κ2) is 9.95. The van der Waals surface area contributed by atoms with E-state index in [1.165, 1.54) is 4.90 Å². The second-order valence-electron chi connectivity index (χ2n) is 7.88. The third-order valence-electron chi connectivity index (χ3n) is 4.18. The van der Waals surface area contributed by atoms with Gasteiger partial charge >= 0.3 is 0 Å². The number of hydrogen-bond acceptors (Lipinski definition) is 5. The number of rotatable bonds is 7. The number of aromatic nitrogens is 1. The Morgan fingerprint density at radius 1 is 1.21 bits per heavy atom. The van der Waals surface area contributed by atoms with Crippen LogP contribution in [0.1, 0.15) is 38.0 Å². The van der Waals surface area contributed by atoms with E-state index < -0.39 is 0 Å². The first-order valence-electron chi connectivity index (χ1n) is 9.49. The molecule has 0 bridgehead atoms. The average Bonchev–Trinajstić information content (AvgIpc) is 3.17. The molecule has 0 spiro atoms. The predicted octanol–water partition coefficient (Wildman–Crippen LogP) is 2.30. The molecule has 0 saturated heterocycles. The minimum absolute atomic E-state index is 0.0462. The quantitative estimate of drug-likeness (QED) is 0.546. The minimum Gasteiger partial charge on any atom is -0.497 e. The highest BCUT2D eigenvalue weighted by Gasteiger charge is 2.19. The highest BCUT2D eigenvalue weighted by molar-refractivity contribution is 5.86. The molecule has 0 atom stereocenters. The van der Waals surface area contributed by atoms with Crippen LogP contribution in [-0.4, -0.2) is 49.5 Å². The molecule has 8 heteroatoms. The first-order valence-corrected chi connectivity index (χ1v) is 9.49. The van der Waals surface area contributed by atoms with E-state index >= 15 is 0 Å². The highest BCUT2D eigenvalue weighted by atomic mass is 16.5. The van der Waals surface area contributed by atoms with Gasteiger partial charge in [0.1, 0.15) is 11.5 Å². The Hall–Kier alpha value is -3.03. The maximum absolute atomic E-state index is 11.9. The largest absolute Gasteiger partial charge is 0.497 e. The fraction of sp³-hybridized carbons (Fsp3) is 0.476. The van der Waals surface area contributed by atoms with Gasteiger partial charge in [0.15, 0.2) is 5.96 Å². The van der Waals surface area contributed by atoms with Gasteiger partial charge in [-0.25, -0.2) is 9.98 Å². The number of benzene rings is 1. The zero-order valence-corrected chi connectivity index (χ0v) is 18.1. The molecule has 0 aliphatic carbocycles. The van der Waals surface area contributed by atoms with E-state index in [1.807, 2.05) is 24.3 Å². The monoisotopic (exact) mass is 401 g/mol. The molecule has 8 nitrogen and oxygen atoms in total. The van der Waals surface area contributed by atoms with Gasteiger partial charge in [-0.1, -0.05) is 32.9 Å². The molecule has 1 aromatic heterocycles. The molecule has 158 valence electrons. The summed E-state index contributed by atoms with van der Waals surface area (Å²) in [6, 6.07) is 7.69. The van der Waals surface area contributed by atoms with Gasteiger partial charge in [-0.3, -0.25) is 4.79 Å². The van der Waals surface area contributed by atoms with Crippen LogP contribution < -0.4 is 15.4 Å². The zero-order valence-electron chi connectivity index (χ0n) is 18.1. The lowest BCUT2D eigenvalue weighted by Gasteiger charge is -2.15. The van der Waals surface area contributed by atoms with Gasteiger partial charge in [0.2, 0.25) is 11.8 Å². The number of nitrogens with zero attached hydrogens (tertiary/aromatic N) is 3. The standard InChI is InChI=1S/C21H31N5O3/c1-21(2,3)17-12-22-18(29-17)13-24-20(25-14-19(27)26(4)5)23-11-15-7-9-16(28-6)10-8-15/h7-10,12H,11,13-14H2,1-6H3,(H2,23,24,25). The van der Waals surface area contributed by atoms with Crippen LogP contribution in [0.2, 0.25) is 0 Å². The number of guanidine groups is 1. The molecule has 1 aromatic carbocycles. The Labute approximate surface area is 172 Å². The summed E-state index contributed by atoms with van der Waals surface area (Å²) in [6.45, 7) is 7.16. The van der Waals surface area contributed by atoms with Crippen molar-refractivity contribution >= 4 is 11.9 Å². The number of aliphatic imine (C=N–C) groups is 1. The Balaban J connectivity index is 2.04. The van der Waals surface area contributed by atoms with Gasteiger partial charge in [-0.15, -0.1) is 0 Å².